The molecule has 0 aliphatic carbocycles. The summed E-state index contributed by atoms with van der Waals surface area (Å²) in [6.07, 6.45) is 0.186. The average molecular weight is 542 g/mol. The van der Waals surface area contributed by atoms with Crippen LogP contribution < -0.4 is 10.6 Å². The van der Waals surface area contributed by atoms with Crippen molar-refractivity contribution in [2.24, 2.45) is 0 Å². The Bertz CT molecular complexity index is 1410. The number of halogens is 2. The third-order valence-corrected chi connectivity index (χ3v) is 6.51. The molecule has 0 spiro atoms. The summed E-state index contributed by atoms with van der Waals surface area (Å²) >= 11 is 13.2. The summed E-state index contributed by atoms with van der Waals surface area (Å²) in [6, 6.07) is 18.7. The number of anilines is 1. The zero-order chi connectivity index (χ0) is 25.7. The van der Waals surface area contributed by atoms with Gasteiger partial charge in [-0.15, -0.1) is 10.2 Å². The zero-order valence-corrected chi connectivity index (χ0v) is 20.7. The van der Waals surface area contributed by atoms with Crippen molar-refractivity contribution in [1.82, 2.24) is 15.5 Å². The molecule has 4 aromatic rings. The van der Waals surface area contributed by atoms with Crippen LogP contribution in [0.2, 0.25) is 10.0 Å². The summed E-state index contributed by atoms with van der Waals surface area (Å²) in [5.41, 5.74) is 1.36. The van der Waals surface area contributed by atoms with Gasteiger partial charge in [0, 0.05) is 29.1 Å². The number of amides is 2. The van der Waals surface area contributed by atoms with Gasteiger partial charge in [-0.2, -0.15) is 0 Å². The predicted octanol–water partition coefficient (Wildman–Crippen LogP) is 5.40. The van der Waals surface area contributed by atoms with Crippen molar-refractivity contribution in [3.63, 3.8) is 0 Å². The van der Waals surface area contributed by atoms with Crippen molar-refractivity contribution >= 4 is 57.2 Å². The first-order valence-corrected chi connectivity index (χ1v) is 12.1. The van der Waals surface area contributed by atoms with Crippen molar-refractivity contribution in [3.05, 3.63) is 104 Å². The second kappa shape index (κ2) is 11.3. The summed E-state index contributed by atoms with van der Waals surface area (Å²) in [5, 5.41) is 25.8. The van der Waals surface area contributed by atoms with Gasteiger partial charge in [0.1, 0.15) is 11.0 Å². The third kappa shape index (κ3) is 6.22. The van der Waals surface area contributed by atoms with Crippen LogP contribution in [0.4, 0.5) is 10.8 Å². The van der Waals surface area contributed by atoms with E-state index in [1.165, 1.54) is 23.5 Å². The van der Waals surface area contributed by atoms with E-state index in [2.05, 4.69) is 20.8 Å². The van der Waals surface area contributed by atoms with Crippen LogP contribution in [0.25, 0.3) is 10.6 Å². The Morgan fingerprint density at radius 2 is 1.72 bits per heavy atom. The molecule has 1 heterocycles. The Morgan fingerprint density at radius 1 is 1.00 bits per heavy atom. The van der Waals surface area contributed by atoms with Gasteiger partial charge in [-0.1, -0.05) is 77.0 Å². The second-order valence-electron chi connectivity index (χ2n) is 7.55. The Hall–Kier alpha value is -3.86. The molecule has 1 atom stereocenters. The van der Waals surface area contributed by atoms with Crippen molar-refractivity contribution in [1.29, 1.82) is 0 Å². The normalized spacial score (nSPS) is 11.5. The van der Waals surface area contributed by atoms with E-state index >= 15 is 0 Å². The Morgan fingerprint density at radius 3 is 2.39 bits per heavy atom. The number of nitrogens with one attached hydrogen (secondary N) is 2. The molecule has 0 aliphatic heterocycles. The Balaban J connectivity index is 1.53. The number of carbonyl (C=O) groups excluding carboxylic acids is 2. The minimum absolute atomic E-state index is 0.00840. The van der Waals surface area contributed by atoms with Gasteiger partial charge in [0.05, 0.1) is 15.5 Å². The maximum Gasteiger partial charge on any atom is 0.270 e. The van der Waals surface area contributed by atoms with Crippen LogP contribution in [0.3, 0.4) is 0 Å². The first-order valence-electron chi connectivity index (χ1n) is 10.5. The largest absolute Gasteiger partial charge is 0.340 e. The molecule has 182 valence electrons. The lowest BCUT2D eigenvalue weighted by atomic mass is 10.0. The van der Waals surface area contributed by atoms with Crippen LogP contribution in [0, 0.1) is 10.1 Å². The number of benzene rings is 3. The lowest BCUT2D eigenvalue weighted by Gasteiger charge is -2.18. The Kier molecular flexibility index (Phi) is 7.89. The molecule has 0 saturated carbocycles. The quantitative estimate of drug-likeness (QED) is 0.227. The van der Waals surface area contributed by atoms with Crippen molar-refractivity contribution in [2.45, 2.75) is 12.5 Å². The smallest absolute Gasteiger partial charge is 0.270 e. The van der Waals surface area contributed by atoms with Gasteiger partial charge in [-0.05, 0) is 23.8 Å². The van der Waals surface area contributed by atoms with Gasteiger partial charge in [-0.3, -0.25) is 25.0 Å². The number of non-ortho nitro benzene ring substituents is 1. The average Bonchev–Trinajstić information content (AvgIpc) is 3.32. The van der Waals surface area contributed by atoms with Crippen LogP contribution >= 0.6 is 34.5 Å². The fraction of sp³-hybridized carbons (Fsp3) is 0.0833. The lowest BCUT2D eigenvalue weighted by molar-refractivity contribution is -0.384. The van der Waals surface area contributed by atoms with E-state index in [4.69, 9.17) is 23.2 Å². The standard InChI is InChI=1S/C24H17Cl2N5O4S/c25-16-8-6-15(7-9-16)23-29-30-24(36-23)28-22(33)20(12-14-4-2-1-3-5-14)27-21(32)18-11-10-17(31(34)35)13-19(18)26/h1-11,13,20H,12H2,(H,27,32)(H,28,30,33). The summed E-state index contributed by atoms with van der Waals surface area (Å²) in [6.45, 7) is 0. The minimum Gasteiger partial charge on any atom is -0.340 e. The van der Waals surface area contributed by atoms with Crippen LogP contribution in [-0.4, -0.2) is 33.0 Å². The van der Waals surface area contributed by atoms with E-state index in [1.54, 1.807) is 24.3 Å². The summed E-state index contributed by atoms with van der Waals surface area (Å²) in [7, 11) is 0. The number of nitro benzene ring substituents is 1. The highest BCUT2D eigenvalue weighted by Gasteiger charge is 2.25. The molecule has 1 aromatic heterocycles. The number of hydrogen-bond donors (Lipinski definition) is 2. The van der Waals surface area contributed by atoms with Crippen molar-refractivity contribution < 1.29 is 14.5 Å². The second-order valence-corrected chi connectivity index (χ2v) is 9.37. The highest BCUT2D eigenvalue weighted by molar-refractivity contribution is 7.18. The first-order chi connectivity index (χ1) is 17.3. The van der Waals surface area contributed by atoms with Crippen LogP contribution in [0.1, 0.15) is 15.9 Å². The molecule has 0 saturated heterocycles. The van der Waals surface area contributed by atoms with Gasteiger partial charge in [0.15, 0.2) is 0 Å². The topological polar surface area (TPSA) is 127 Å². The highest BCUT2D eigenvalue weighted by Crippen LogP contribution is 2.27. The predicted molar refractivity (Wildman–Crippen MR) is 138 cm³/mol. The monoisotopic (exact) mass is 541 g/mol. The lowest BCUT2D eigenvalue weighted by Crippen LogP contribution is -2.45. The summed E-state index contributed by atoms with van der Waals surface area (Å²) in [4.78, 5) is 36.5. The number of carbonyl (C=O) groups is 2. The molecular weight excluding hydrogens is 525 g/mol. The molecule has 0 bridgehead atoms. The molecule has 0 radical (unpaired) electrons. The maximum atomic E-state index is 13.2. The van der Waals surface area contributed by atoms with E-state index in [-0.39, 0.29) is 27.8 Å². The number of rotatable bonds is 8. The highest BCUT2D eigenvalue weighted by atomic mass is 35.5. The van der Waals surface area contributed by atoms with Gasteiger partial charge >= 0.3 is 0 Å². The van der Waals surface area contributed by atoms with Crippen molar-refractivity contribution in [2.75, 3.05) is 5.32 Å². The molecule has 1 unspecified atom stereocenters. The van der Waals surface area contributed by atoms with Crippen LogP contribution in [-0.2, 0) is 11.2 Å². The fourth-order valence-electron chi connectivity index (χ4n) is 3.27. The van der Waals surface area contributed by atoms with Gasteiger partial charge in [-0.25, -0.2) is 0 Å². The van der Waals surface area contributed by atoms with E-state index in [0.717, 1.165) is 17.2 Å². The number of nitrogens with zero attached hydrogens (tertiary/aromatic N) is 3. The minimum atomic E-state index is -0.992. The molecular formula is C24H17Cl2N5O4S. The van der Waals surface area contributed by atoms with E-state index in [0.29, 0.717) is 10.0 Å². The SMILES string of the molecule is O=C(NC(Cc1ccccc1)C(=O)Nc1nnc(-c2ccc(Cl)cc2)s1)c1ccc([N+](=O)[O-])cc1Cl. The maximum absolute atomic E-state index is 13.2. The summed E-state index contributed by atoms with van der Waals surface area (Å²) < 4.78 is 0. The van der Waals surface area contributed by atoms with Crippen LogP contribution in [0.5, 0.6) is 0 Å². The van der Waals surface area contributed by atoms with Gasteiger partial charge < -0.3 is 5.32 Å². The molecule has 4 rings (SSSR count). The number of nitro groups is 1. The third-order valence-electron chi connectivity index (χ3n) is 5.06. The molecule has 0 aliphatic rings. The van der Waals surface area contributed by atoms with E-state index in [9.17, 15) is 19.7 Å². The molecule has 2 N–H and O–H groups in total. The molecule has 36 heavy (non-hydrogen) atoms. The molecule has 12 heteroatoms. The fourth-order valence-corrected chi connectivity index (χ4v) is 4.41. The zero-order valence-electron chi connectivity index (χ0n) is 18.4. The van der Waals surface area contributed by atoms with E-state index in [1.807, 2.05) is 30.3 Å². The van der Waals surface area contributed by atoms with Gasteiger partial charge in [0.25, 0.3) is 11.6 Å². The number of aromatic nitrogens is 2. The number of hydrogen-bond acceptors (Lipinski definition) is 7. The molecule has 9 nitrogen and oxygen atoms in total. The van der Waals surface area contributed by atoms with E-state index < -0.39 is 22.8 Å². The van der Waals surface area contributed by atoms with Crippen molar-refractivity contribution in [3.8, 4) is 10.6 Å². The van der Waals surface area contributed by atoms with Gasteiger partial charge in [0.2, 0.25) is 11.0 Å². The molecule has 0 fully saturated rings. The first kappa shape index (κ1) is 25.2. The Labute approximate surface area is 219 Å². The molecule has 3 aromatic carbocycles. The van der Waals surface area contributed by atoms with Crippen LogP contribution in [0.15, 0.2) is 72.8 Å². The molecule has 2 amide bonds. The summed E-state index contributed by atoms with van der Waals surface area (Å²) in [5.74, 6) is -1.16.